The molecule has 0 heterocycles. The van der Waals surface area contributed by atoms with Crippen molar-refractivity contribution in [1.29, 1.82) is 0 Å². The van der Waals surface area contributed by atoms with Crippen molar-refractivity contribution in [3.63, 3.8) is 0 Å². The molecule has 24 heavy (non-hydrogen) atoms. The van der Waals surface area contributed by atoms with Crippen molar-refractivity contribution in [2.24, 2.45) is 22.4 Å². The number of guanidine groups is 1. The summed E-state index contributed by atoms with van der Waals surface area (Å²) in [5.74, 6) is 0.716. The zero-order valence-electron chi connectivity index (χ0n) is 14.3. The highest BCUT2D eigenvalue weighted by molar-refractivity contribution is 5.75. The lowest BCUT2D eigenvalue weighted by molar-refractivity contribution is 0.319. The molecule has 0 saturated carbocycles. The summed E-state index contributed by atoms with van der Waals surface area (Å²) < 4.78 is 0. The van der Waals surface area contributed by atoms with Gasteiger partial charge < -0.3 is 11.5 Å². The third kappa shape index (κ3) is 4.36. The summed E-state index contributed by atoms with van der Waals surface area (Å²) >= 11 is 0. The van der Waals surface area contributed by atoms with Gasteiger partial charge in [0.15, 0.2) is 5.96 Å². The summed E-state index contributed by atoms with van der Waals surface area (Å²) in [5.41, 5.74) is 16.5. The maximum Gasteiger partial charge on any atom is 0.185 e. The zero-order chi connectivity index (χ0) is 16.9. The third-order valence-electron chi connectivity index (χ3n) is 4.57. The Balaban J connectivity index is 1.59. The molecular weight excluding hydrogens is 296 g/mol. The van der Waals surface area contributed by atoms with Crippen LogP contribution in [-0.4, -0.2) is 24.5 Å². The van der Waals surface area contributed by atoms with Gasteiger partial charge in [0.05, 0.1) is 0 Å². The molecule has 0 spiro atoms. The van der Waals surface area contributed by atoms with Crippen molar-refractivity contribution in [3.05, 3.63) is 70.8 Å². The Kier molecular flexibility index (Phi) is 5.16. The summed E-state index contributed by atoms with van der Waals surface area (Å²) in [7, 11) is 2.17. The average molecular weight is 322 g/mol. The van der Waals surface area contributed by atoms with Crippen LogP contribution in [0.4, 0.5) is 0 Å². The normalized spacial score (nSPS) is 16.2. The lowest BCUT2D eigenvalue weighted by Gasteiger charge is -2.17. The van der Waals surface area contributed by atoms with E-state index in [4.69, 9.17) is 11.5 Å². The van der Waals surface area contributed by atoms with Crippen molar-refractivity contribution >= 4 is 5.96 Å². The van der Waals surface area contributed by atoms with Crippen LogP contribution in [0.25, 0.3) is 0 Å². The molecular formula is C20H26N4. The van der Waals surface area contributed by atoms with E-state index in [1.807, 2.05) is 0 Å². The fourth-order valence-electron chi connectivity index (χ4n) is 3.49. The van der Waals surface area contributed by atoms with Crippen molar-refractivity contribution < 1.29 is 0 Å². The van der Waals surface area contributed by atoms with Crippen LogP contribution in [0.1, 0.15) is 22.3 Å². The molecule has 0 aromatic heterocycles. The molecule has 1 atom stereocenters. The topological polar surface area (TPSA) is 67.6 Å². The van der Waals surface area contributed by atoms with Crippen molar-refractivity contribution in [2.75, 3.05) is 13.6 Å². The maximum atomic E-state index is 5.44. The fourth-order valence-corrected chi connectivity index (χ4v) is 3.49. The fraction of sp³-hybridized carbons (Fsp3) is 0.350. The number of fused-ring (bicyclic) bond motifs is 1. The summed E-state index contributed by atoms with van der Waals surface area (Å²) in [6, 6.07) is 17.5. The molecule has 2 aromatic carbocycles. The number of hydrogen-bond acceptors (Lipinski definition) is 2. The second-order valence-electron chi connectivity index (χ2n) is 6.80. The Morgan fingerprint density at radius 1 is 1.00 bits per heavy atom. The van der Waals surface area contributed by atoms with Gasteiger partial charge in [-0.25, -0.2) is 0 Å². The number of nitrogens with zero attached hydrogens (tertiary/aromatic N) is 2. The molecule has 0 amide bonds. The molecule has 2 aromatic rings. The monoisotopic (exact) mass is 322 g/mol. The Labute approximate surface area is 144 Å². The van der Waals surface area contributed by atoms with E-state index >= 15 is 0 Å². The average Bonchev–Trinajstić information content (AvgIpc) is 2.96. The highest BCUT2D eigenvalue weighted by Crippen LogP contribution is 2.28. The Bertz CT molecular complexity index is 705. The van der Waals surface area contributed by atoms with Gasteiger partial charge >= 0.3 is 0 Å². The minimum absolute atomic E-state index is 0.189. The molecule has 4 N–H and O–H groups in total. The SMILES string of the molecule is CN(Cc1ccccc1)Cc1ccc2c(c1)C[C@H](CN=C(N)N)C2. The van der Waals surface area contributed by atoms with Gasteiger partial charge in [-0.15, -0.1) is 0 Å². The van der Waals surface area contributed by atoms with E-state index in [1.54, 1.807) is 0 Å². The molecule has 4 heteroatoms. The van der Waals surface area contributed by atoms with Crippen LogP contribution < -0.4 is 11.5 Å². The molecule has 0 saturated heterocycles. The molecule has 0 bridgehead atoms. The molecule has 0 radical (unpaired) electrons. The van der Waals surface area contributed by atoms with Gasteiger partial charge in [0.2, 0.25) is 0 Å². The van der Waals surface area contributed by atoms with Gasteiger partial charge in [-0.2, -0.15) is 0 Å². The minimum atomic E-state index is 0.189. The molecule has 4 nitrogen and oxygen atoms in total. The van der Waals surface area contributed by atoms with Crippen LogP contribution in [0.2, 0.25) is 0 Å². The summed E-state index contributed by atoms with van der Waals surface area (Å²) in [6.45, 7) is 2.64. The van der Waals surface area contributed by atoms with Crippen LogP contribution in [0, 0.1) is 5.92 Å². The number of nitrogens with two attached hydrogens (primary N) is 2. The van der Waals surface area contributed by atoms with Crippen LogP contribution in [-0.2, 0) is 25.9 Å². The van der Waals surface area contributed by atoms with E-state index in [1.165, 1.54) is 22.3 Å². The quantitative estimate of drug-likeness (QED) is 0.633. The highest BCUT2D eigenvalue weighted by Gasteiger charge is 2.21. The predicted octanol–water partition coefficient (Wildman–Crippen LogP) is 2.31. The number of hydrogen-bond donors (Lipinski definition) is 2. The molecule has 1 aliphatic carbocycles. The van der Waals surface area contributed by atoms with Gasteiger partial charge in [0.25, 0.3) is 0 Å². The van der Waals surface area contributed by atoms with E-state index in [0.29, 0.717) is 5.92 Å². The third-order valence-corrected chi connectivity index (χ3v) is 4.57. The first-order valence-electron chi connectivity index (χ1n) is 8.48. The first kappa shape index (κ1) is 16.5. The number of benzene rings is 2. The Morgan fingerprint density at radius 2 is 1.71 bits per heavy atom. The second kappa shape index (κ2) is 7.49. The minimum Gasteiger partial charge on any atom is -0.370 e. The van der Waals surface area contributed by atoms with Gasteiger partial charge in [-0.3, -0.25) is 9.89 Å². The zero-order valence-corrected chi connectivity index (χ0v) is 14.3. The molecule has 0 unspecified atom stereocenters. The molecule has 126 valence electrons. The summed E-state index contributed by atoms with van der Waals surface area (Å²) in [4.78, 5) is 6.52. The highest BCUT2D eigenvalue weighted by atomic mass is 15.1. The molecule has 0 fully saturated rings. The van der Waals surface area contributed by atoms with Crippen LogP contribution >= 0.6 is 0 Å². The lowest BCUT2D eigenvalue weighted by Crippen LogP contribution is -2.24. The predicted molar refractivity (Wildman–Crippen MR) is 99.6 cm³/mol. The van der Waals surface area contributed by atoms with Gasteiger partial charge in [0, 0.05) is 19.6 Å². The van der Waals surface area contributed by atoms with Gasteiger partial charge in [-0.1, -0.05) is 48.5 Å². The number of aliphatic imine (C=N–C) groups is 1. The van der Waals surface area contributed by atoms with Gasteiger partial charge in [-0.05, 0) is 48.1 Å². The first-order chi connectivity index (χ1) is 11.6. The molecule has 0 aliphatic heterocycles. The van der Waals surface area contributed by atoms with Crippen molar-refractivity contribution in [3.8, 4) is 0 Å². The summed E-state index contributed by atoms with van der Waals surface area (Å²) in [5, 5.41) is 0. The van der Waals surface area contributed by atoms with E-state index in [2.05, 4.69) is 65.5 Å². The first-order valence-corrected chi connectivity index (χ1v) is 8.48. The van der Waals surface area contributed by atoms with E-state index in [0.717, 1.165) is 32.5 Å². The molecule has 1 aliphatic rings. The lowest BCUT2D eigenvalue weighted by atomic mass is 10.1. The smallest absolute Gasteiger partial charge is 0.185 e. The van der Waals surface area contributed by atoms with Crippen LogP contribution in [0.5, 0.6) is 0 Å². The maximum absolute atomic E-state index is 5.44. The van der Waals surface area contributed by atoms with E-state index in [9.17, 15) is 0 Å². The van der Waals surface area contributed by atoms with Gasteiger partial charge in [0.1, 0.15) is 0 Å². The number of rotatable bonds is 6. The van der Waals surface area contributed by atoms with Crippen molar-refractivity contribution in [1.82, 2.24) is 4.90 Å². The Hall–Kier alpha value is -2.33. The van der Waals surface area contributed by atoms with E-state index in [-0.39, 0.29) is 5.96 Å². The van der Waals surface area contributed by atoms with Crippen LogP contribution in [0.15, 0.2) is 53.5 Å². The largest absolute Gasteiger partial charge is 0.370 e. The molecule has 3 rings (SSSR count). The van der Waals surface area contributed by atoms with Crippen molar-refractivity contribution in [2.45, 2.75) is 25.9 Å². The summed E-state index contributed by atoms with van der Waals surface area (Å²) in [6.07, 6.45) is 2.15. The second-order valence-corrected chi connectivity index (χ2v) is 6.80. The van der Waals surface area contributed by atoms with Crippen LogP contribution in [0.3, 0.4) is 0 Å². The standard InChI is InChI=1S/C20H26N4/c1-24(13-15-5-3-2-4-6-15)14-16-7-8-18-10-17(11-19(18)9-16)12-23-20(21)22/h2-9,17H,10-14H2,1H3,(H4,21,22,23)/t17-/m1/s1. The van der Waals surface area contributed by atoms with E-state index < -0.39 is 0 Å². The Morgan fingerprint density at radius 3 is 2.46 bits per heavy atom.